The van der Waals surface area contributed by atoms with Gasteiger partial charge in [0.1, 0.15) is 5.37 Å². The van der Waals surface area contributed by atoms with Gasteiger partial charge in [-0.15, -0.1) is 11.8 Å². The fraction of sp³-hybridized carbons (Fsp3) is 0.200. The van der Waals surface area contributed by atoms with E-state index in [4.69, 9.17) is 0 Å². The molecular formula is C25H24N2O2S. The Bertz CT molecular complexity index is 1040. The van der Waals surface area contributed by atoms with Crippen molar-refractivity contribution in [3.05, 3.63) is 101 Å². The number of rotatable bonds is 5. The van der Waals surface area contributed by atoms with Crippen LogP contribution in [0.15, 0.2) is 72.8 Å². The maximum absolute atomic E-state index is 12.7. The minimum absolute atomic E-state index is 0.0339. The maximum atomic E-state index is 12.7. The molecule has 1 heterocycles. The van der Waals surface area contributed by atoms with Crippen LogP contribution in [0.2, 0.25) is 0 Å². The smallest absolute Gasteiger partial charge is 0.255 e. The lowest BCUT2D eigenvalue weighted by Gasteiger charge is -2.24. The monoisotopic (exact) mass is 416 g/mol. The first-order valence-electron chi connectivity index (χ1n) is 9.95. The number of hydrogen-bond acceptors (Lipinski definition) is 3. The Morgan fingerprint density at radius 1 is 0.967 bits per heavy atom. The Morgan fingerprint density at radius 3 is 2.30 bits per heavy atom. The van der Waals surface area contributed by atoms with Crippen LogP contribution in [0.3, 0.4) is 0 Å². The highest BCUT2D eigenvalue weighted by Gasteiger charge is 2.32. The van der Waals surface area contributed by atoms with Gasteiger partial charge in [0.2, 0.25) is 5.91 Å². The Morgan fingerprint density at radius 2 is 1.63 bits per heavy atom. The SMILES string of the molecule is Cc1cccc(C)c1NC(=O)c1ccc([C@H]2SCC(=O)N2Cc2ccccc2)cc1. The van der Waals surface area contributed by atoms with E-state index in [-0.39, 0.29) is 17.2 Å². The molecule has 4 nitrogen and oxygen atoms in total. The summed E-state index contributed by atoms with van der Waals surface area (Å²) < 4.78 is 0. The third-order valence-corrected chi connectivity index (χ3v) is 6.60. The molecule has 1 saturated heterocycles. The molecule has 1 atom stereocenters. The zero-order chi connectivity index (χ0) is 21.1. The highest BCUT2D eigenvalue weighted by Crippen LogP contribution is 2.39. The summed E-state index contributed by atoms with van der Waals surface area (Å²) in [6.45, 7) is 4.56. The van der Waals surface area contributed by atoms with E-state index in [1.807, 2.05) is 91.5 Å². The van der Waals surface area contributed by atoms with Gasteiger partial charge < -0.3 is 10.2 Å². The molecule has 0 spiro atoms. The highest BCUT2D eigenvalue weighted by molar-refractivity contribution is 8.00. The largest absolute Gasteiger partial charge is 0.322 e. The number of nitrogens with one attached hydrogen (secondary N) is 1. The molecule has 0 bridgehead atoms. The van der Waals surface area contributed by atoms with Crippen molar-refractivity contribution in [2.75, 3.05) is 11.1 Å². The Labute approximate surface area is 181 Å². The van der Waals surface area contributed by atoms with Gasteiger partial charge in [0.15, 0.2) is 0 Å². The Balaban J connectivity index is 1.50. The number of carbonyl (C=O) groups is 2. The number of thioether (sulfide) groups is 1. The number of hydrogen-bond donors (Lipinski definition) is 1. The van der Waals surface area contributed by atoms with E-state index in [0.717, 1.165) is 27.9 Å². The summed E-state index contributed by atoms with van der Waals surface area (Å²) in [4.78, 5) is 27.1. The molecule has 0 radical (unpaired) electrons. The molecule has 152 valence electrons. The third-order valence-electron chi connectivity index (χ3n) is 5.34. The lowest BCUT2D eigenvalue weighted by atomic mass is 10.1. The van der Waals surface area contributed by atoms with Crippen LogP contribution >= 0.6 is 11.8 Å². The highest BCUT2D eigenvalue weighted by atomic mass is 32.2. The van der Waals surface area contributed by atoms with Crippen LogP contribution in [0.1, 0.15) is 38.0 Å². The number of anilines is 1. The normalized spacial score (nSPS) is 16.0. The molecule has 1 aliphatic heterocycles. The lowest BCUT2D eigenvalue weighted by Crippen LogP contribution is -2.27. The molecule has 1 aliphatic rings. The summed E-state index contributed by atoms with van der Waals surface area (Å²) in [6, 6.07) is 23.6. The van der Waals surface area contributed by atoms with E-state index < -0.39 is 0 Å². The van der Waals surface area contributed by atoms with Crippen molar-refractivity contribution < 1.29 is 9.59 Å². The summed E-state index contributed by atoms with van der Waals surface area (Å²) in [5, 5.41) is 2.99. The van der Waals surface area contributed by atoms with E-state index in [2.05, 4.69) is 5.32 Å². The zero-order valence-corrected chi connectivity index (χ0v) is 17.9. The van der Waals surface area contributed by atoms with Crippen molar-refractivity contribution in [1.29, 1.82) is 0 Å². The van der Waals surface area contributed by atoms with Gasteiger partial charge in [-0.25, -0.2) is 0 Å². The average molecular weight is 417 g/mol. The zero-order valence-electron chi connectivity index (χ0n) is 17.1. The second-order valence-corrected chi connectivity index (χ2v) is 8.58. The molecule has 1 N–H and O–H groups in total. The molecule has 0 aromatic heterocycles. The Hall–Kier alpha value is -3.05. The predicted octanol–water partition coefficient (Wildman–Crippen LogP) is 5.33. The van der Waals surface area contributed by atoms with Crippen molar-refractivity contribution in [3.8, 4) is 0 Å². The van der Waals surface area contributed by atoms with Crippen LogP contribution in [0, 0.1) is 13.8 Å². The van der Waals surface area contributed by atoms with Gasteiger partial charge in [-0.3, -0.25) is 9.59 Å². The molecule has 4 rings (SSSR count). The van der Waals surface area contributed by atoms with Crippen LogP contribution < -0.4 is 5.32 Å². The summed E-state index contributed by atoms with van der Waals surface area (Å²) in [5.74, 6) is 0.493. The maximum Gasteiger partial charge on any atom is 0.255 e. The number of amides is 2. The Kier molecular flexibility index (Phi) is 5.91. The molecular weight excluding hydrogens is 392 g/mol. The van der Waals surface area contributed by atoms with Gasteiger partial charge in [-0.2, -0.15) is 0 Å². The molecule has 2 amide bonds. The summed E-state index contributed by atoms with van der Waals surface area (Å²) in [7, 11) is 0. The third kappa shape index (κ3) is 4.26. The lowest BCUT2D eigenvalue weighted by molar-refractivity contribution is -0.128. The fourth-order valence-corrected chi connectivity index (χ4v) is 4.87. The molecule has 5 heteroatoms. The topological polar surface area (TPSA) is 49.4 Å². The van der Waals surface area contributed by atoms with Crippen LogP contribution in [0.4, 0.5) is 5.69 Å². The van der Waals surface area contributed by atoms with Gasteiger partial charge in [0.25, 0.3) is 5.91 Å². The molecule has 0 aliphatic carbocycles. The summed E-state index contributed by atoms with van der Waals surface area (Å²) in [6.07, 6.45) is 0. The second kappa shape index (κ2) is 8.76. The van der Waals surface area contributed by atoms with Gasteiger partial charge in [0.05, 0.1) is 5.75 Å². The van der Waals surface area contributed by atoms with Gasteiger partial charge in [-0.05, 0) is 48.2 Å². The van der Waals surface area contributed by atoms with Crippen molar-refractivity contribution in [2.24, 2.45) is 0 Å². The second-order valence-electron chi connectivity index (χ2n) is 7.51. The number of benzene rings is 3. The van der Waals surface area contributed by atoms with Crippen LogP contribution in [-0.4, -0.2) is 22.5 Å². The number of para-hydroxylation sites is 1. The van der Waals surface area contributed by atoms with Gasteiger partial charge in [0, 0.05) is 17.8 Å². The van der Waals surface area contributed by atoms with Gasteiger partial charge in [-0.1, -0.05) is 60.7 Å². The first kappa shape index (κ1) is 20.2. The first-order valence-corrected chi connectivity index (χ1v) is 11.0. The quantitative estimate of drug-likeness (QED) is 0.612. The minimum Gasteiger partial charge on any atom is -0.322 e. The van der Waals surface area contributed by atoms with Crippen molar-refractivity contribution in [2.45, 2.75) is 25.8 Å². The molecule has 30 heavy (non-hydrogen) atoms. The van der Waals surface area contributed by atoms with Crippen LogP contribution in [-0.2, 0) is 11.3 Å². The fourth-order valence-electron chi connectivity index (χ4n) is 3.68. The molecule has 3 aromatic carbocycles. The van der Waals surface area contributed by atoms with E-state index in [1.165, 1.54) is 0 Å². The number of nitrogens with zero attached hydrogens (tertiary/aromatic N) is 1. The summed E-state index contributed by atoms with van der Waals surface area (Å²) in [5.41, 5.74) is 5.69. The van der Waals surface area contributed by atoms with E-state index >= 15 is 0 Å². The predicted molar refractivity (Wildman–Crippen MR) is 123 cm³/mol. The minimum atomic E-state index is -0.129. The van der Waals surface area contributed by atoms with E-state index in [1.54, 1.807) is 11.8 Å². The molecule has 0 unspecified atom stereocenters. The van der Waals surface area contributed by atoms with Crippen molar-refractivity contribution >= 4 is 29.3 Å². The van der Waals surface area contributed by atoms with Crippen LogP contribution in [0.25, 0.3) is 0 Å². The van der Waals surface area contributed by atoms with Crippen molar-refractivity contribution in [3.63, 3.8) is 0 Å². The standard InChI is InChI=1S/C25H24N2O2S/c1-17-7-6-8-18(2)23(17)26-24(29)20-11-13-21(14-12-20)25-27(22(28)16-30-25)15-19-9-4-3-5-10-19/h3-14,25H,15-16H2,1-2H3,(H,26,29)/t25-/m1/s1. The van der Waals surface area contributed by atoms with Crippen LogP contribution in [0.5, 0.6) is 0 Å². The average Bonchev–Trinajstić information content (AvgIpc) is 3.12. The number of carbonyl (C=O) groups excluding carboxylic acids is 2. The number of aryl methyl sites for hydroxylation is 2. The summed E-state index contributed by atoms with van der Waals surface area (Å²) >= 11 is 1.63. The molecule has 0 saturated carbocycles. The first-order chi connectivity index (χ1) is 14.5. The van der Waals surface area contributed by atoms with Crippen molar-refractivity contribution in [1.82, 2.24) is 4.90 Å². The molecule has 1 fully saturated rings. The van der Waals surface area contributed by atoms with E-state index in [0.29, 0.717) is 17.9 Å². The van der Waals surface area contributed by atoms with E-state index in [9.17, 15) is 9.59 Å². The molecule has 3 aromatic rings. The van der Waals surface area contributed by atoms with Gasteiger partial charge >= 0.3 is 0 Å².